The quantitative estimate of drug-likeness (QED) is 0.891. The molecule has 108 valence electrons. The zero-order valence-corrected chi connectivity index (χ0v) is 11.5. The maximum Gasteiger partial charge on any atom is 0.407 e. The van der Waals surface area contributed by atoms with E-state index in [0.717, 1.165) is 31.2 Å². The summed E-state index contributed by atoms with van der Waals surface area (Å²) >= 11 is 0. The fourth-order valence-electron chi connectivity index (χ4n) is 3.54. The number of fused-ring (bicyclic) bond motifs is 2. The SMILES string of the molecule is O=C(NC1CC2CCC(O)C1C2)OCc1ccccc1. The van der Waals surface area contributed by atoms with Gasteiger partial charge in [0.05, 0.1) is 6.10 Å². The van der Waals surface area contributed by atoms with Crippen LogP contribution in [-0.4, -0.2) is 23.3 Å². The Balaban J connectivity index is 1.49. The van der Waals surface area contributed by atoms with Crippen molar-refractivity contribution in [3.05, 3.63) is 35.9 Å². The van der Waals surface area contributed by atoms with Gasteiger partial charge in [0, 0.05) is 12.0 Å². The van der Waals surface area contributed by atoms with Crippen molar-refractivity contribution in [1.29, 1.82) is 0 Å². The Hall–Kier alpha value is -1.55. The normalized spacial score (nSPS) is 31.9. The molecule has 4 heteroatoms. The van der Waals surface area contributed by atoms with E-state index < -0.39 is 0 Å². The molecule has 0 spiro atoms. The standard InChI is InChI=1S/C16H21NO3/c18-15-7-6-12-8-13(15)14(9-12)17-16(19)20-10-11-4-2-1-3-5-11/h1-5,12-15,18H,6-10H2,(H,17,19). The Morgan fingerprint density at radius 3 is 2.85 bits per heavy atom. The molecule has 1 amide bonds. The molecule has 2 fully saturated rings. The molecule has 0 aliphatic heterocycles. The first-order chi connectivity index (χ1) is 9.72. The topological polar surface area (TPSA) is 58.6 Å². The van der Waals surface area contributed by atoms with E-state index in [1.54, 1.807) is 0 Å². The molecule has 0 radical (unpaired) electrons. The van der Waals surface area contributed by atoms with E-state index in [1.807, 2.05) is 30.3 Å². The van der Waals surface area contributed by atoms with Crippen LogP contribution in [0, 0.1) is 11.8 Å². The largest absolute Gasteiger partial charge is 0.445 e. The molecule has 0 aromatic heterocycles. The van der Waals surface area contributed by atoms with Crippen LogP contribution in [0.2, 0.25) is 0 Å². The lowest BCUT2D eigenvalue weighted by Gasteiger charge is -2.27. The number of rotatable bonds is 3. The third kappa shape index (κ3) is 2.96. The molecule has 2 aliphatic carbocycles. The van der Waals surface area contributed by atoms with Gasteiger partial charge in [0.2, 0.25) is 0 Å². The number of aliphatic hydroxyl groups excluding tert-OH is 1. The average Bonchev–Trinajstić information content (AvgIpc) is 2.80. The van der Waals surface area contributed by atoms with Crippen molar-refractivity contribution in [3.8, 4) is 0 Å². The number of carbonyl (C=O) groups excluding carboxylic acids is 1. The molecule has 2 aliphatic rings. The molecule has 4 atom stereocenters. The van der Waals surface area contributed by atoms with Crippen molar-refractivity contribution < 1.29 is 14.6 Å². The van der Waals surface area contributed by atoms with Gasteiger partial charge >= 0.3 is 6.09 Å². The molecule has 1 aromatic carbocycles. The number of hydrogen-bond donors (Lipinski definition) is 2. The second-order valence-electron chi connectivity index (χ2n) is 5.96. The van der Waals surface area contributed by atoms with Crippen LogP contribution >= 0.6 is 0 Å². The van der Waals surface area contributed by atoms with Crippen LogP contribution in [0.15, 0.2) is 30.3 Å². The summed E-state index contributed by atoms with van der Waals surface area (Å²) in [6.45, 7) is 0.288. The van der Waals surface area contributed by atoms with Gasteiger partial charge in [-0.05, 0) is 37.2 Å². The van der Waals surface area contributed by atoms with Crippen LogP contribution in [0.3, 0.4) is 0 Å². The second kappa shape index (κ2) is 5.83. The van der Waals surface area contributed by atoms with Crippen molar-refractivity contribution in [1.82, 2.24) is 5.32 Å². The highest BCUT2D eigenvalue weighted by Crippen LogP contribution is 2.42. The number of ether oxygens (including phenoxy) is 1. The van der Waals surface area contributed by atoms with E-state index in [9.17, 15) is 9.90 Å². The van der Waals surface area contributed by atoms with E-state index in [0.29, 0.717) is 5.92 Å². The Kier molecular flexibility index (Phi) is 3.92. The van der Waals surface area contributed by atoms with Crippen molar-refractivity contribution in [2.45, 2.75) is 44.4 Å². The highest BCUT2D eigenvalue weighted by atomic mass is 16.5. The van der Waals surface area contributed by atoms with Crippen molar-refractivity contribution in [2.75, 3.05) is 0 Å². The predicted molar refractivity (Wildman–Crippen MR) is 75.0 cm³/mol. The van der Waals surface area contributed by atoms with Crippen LogP contribution in [0.5, 0.6) is 0 Å². The molecule has 4 unspecified atom stereocenters. The van der Waals surface area contributed by atoms with Gasteiger partial charge in [-0.15, -0.1) is 0 Å². The molecule has 0 saturated heterocycles. The molecular formula is C16H21NO3. The van der Waals surface area contributed by atoms with E-state index in [-0.39, 0.29) is 30.8 Å². The zero-order valence-electron chi connectivity index (χ0n) is 11.5. The molecule has 2 bridgehead atoms. The Morgan fingerprint density at radius 2 is 2.05 bits per heavy atom. The van der Waals surface area contributed by atoms with Gasteiger partial charge in [-0.2, -0.15) is 0 Å². The van der Waals surface area contributed by atoms with Crippen LogP contribution in [-0.2, 0) is 11.3 Å². The number of nitrogens with one attached hydrogen (secondary N) is 1. The summed E-state index contributed by atoms with van der Waals surface area (Å²) in [5.41, 5.74) is 0.979. The first-order valence-electron chi connectivity index (χ1n) is 7.37. The van der Waals surface area contributed by atoms with Gasteiger partial charge in [0.1, 0.15) is 6.61 Å². The molecular weight excluding hydrogens is 254 g/mol. The molecule has 3 rings (SSSR count). The summed E-state index contributed by atoms with van der Waals surface area (Å²) in [6, 6.07) is 9.71. The van der Waals surface area contributed by atoms with Gasteiger partial charge in [-0.1, -0.05) is 30.3 Å². The highest BCUT2D eigenvalue weighted by Gasteiger charge is 2.42. The lowest BCUT2D eigenvalue weighted by molar-refractivity contribution is 0.0645. The number of amides is 1. The van der Waals surface area contributed by atoms with Crippen molar-refractivity contribution in [3.63, 3.8) is 0 Å². The van der Waals surface area contributed by atoms with Gasteiger partial charge in [0.25, 0.3) is 0 Å². The minimum Gasteiger partial charge on any atom is -0.445 e. The molecule has 1 aromatic rings. The summed E-state index contributed by atoms with van der Waals surface area (Å²) < 4.78 is 5.24. The summed E-state index contributed by atoms with van der Waals surface area (Å²) in [6.07, 6.45) is 3.31. The summed E-state index contributed by atoms with van der Waals surface area (Å²) in [5, 5.41) is 12.9. The van der Waals surface area contributed by atoms with Crippen LogP contribution in [0.1, 0.15) is 31.2 Å². The number of aliphatic hydroxyl groups is 1. The van der Waals surface area contributed by atoms with Crippen LogP contribution in [0.4, 0.5) is 4.79 Å². The van der Waals surface area contributed by atoms with E-state index >= 15 is 0 Å². The van der Waals surface area contributed by atoms with Gasteiger partial charge < -0.3 is 15.2 Å². The first-order valence-corrected chi connectivity index (χ1v) is 7.37. The zero-order chi connectivity index (χ0) is 13.9. The third-order valence-electron chi connectivity index (χ3n) is 4.59. The smallest absolute Gasteiger partial charge is 0.407 e. The van der Waals surface area contributed by atoms with Gasteiger partial charge in [0.15, 0.2) is 0 Å². The monoisotopic (exact) mass is 275 g/mol. The van der Waals surface area contributed by atoms with Crippen LogP contribution < -0.4 is 5.32 Å². The number of benzene rings is 1. The predicted octanol–water partition coefficient (Wildman–Crippen LogP) is 2.46. The minimum absolute atomic E-state index is 0.0702. The van der Waals surface area contributed by atoms with Gasteiger partial charge in [-0.3, -0.25) is 0 Å². The van der Waals surface area contributed by atoms with Crippen molar-refractivity contribution in [2.24, 2.45) is 11.8 Å². The average molecular weight is 275 g/mol. The second-order valence-corrected chi connectivity index (χ2v) is 5.96. The minimum atomic E-state index is -0.376. The lowest BCUT2D eigenvalue weighted by Crippen LogP contribution is -2.41. The molecule has 0 heterocycles. The number of carbonyl (C=O) groups is 1. The van der Waals surface area contributed by atoms with E-state index in [1.165, 1.54) is 0 Å². The van der Waals surface area contributed by atoms with Crippen LogP contribution in [0.25, 0.3) is 0 Å². The molecule has 4 nitrogen and oxygen atoms in total. The number of hydrogen-bond acceptors (Lipinski definition) is 3. The first kappa shape index (κ1) is 13.4. The van der Waals surface area contributed by atoms with E-state index in [2.05, 4.69) is 5.32 Å². The molecule has 20 heavy (non-hydrogen) atoms. The highest BCUT2D eigenvalue weighted by molar-refractivity contribution is 5.67. The van der Waals surface area contributed by atoms with E-state index in [4.69, 9.17) is 4.74 Å². The van der Waals surface area contributed by atoms with Gasteiger partial charge in [-0.25, -0.2) is 4.79 Å². The summed E-state index contributed by atoms with van der Waals surface area (Å²) in [5.74, 6) is 0.862. The maximum atomic E-state index is 11.9. The van der Waals surface area contributed by atoms with Crippen molar-refractivity contribution >= 4 is 6.09 Å². The molecule has 2 saturated carbocycles. The third-order valence-corrected chi connectivity index (χ3v) is 4.59. The Labute approximate surface area is 119 Å². The fraction of sp³-hybridized carbons (Fsp3) is 0.562. The summed E-state index contributed by atoms with van der Waals surface area (Å²) in [4.78, 5) is 11.9. The Bertz CT molecular complexity index is 462. The lowest BCUT2D eigenvalue weighted by atomic mass is 9.86. The molecule has 2 N–H and O–H groups in total. The summed E-state index contributed by atoms with van der Waals surface area (Å²) in [7, 11) is 0. The maximum absolute atomic E-state index is 11.9. The number of alkyl carbamates (subject to hydrolysis) is 1. The Morgan fingerprint density at radius 1 is 1.25 bits per heavy atom. The fourth-order valence-corrected chi connectivity index (χ4v) is 3.54.